The minimum Gasteiger partial charge on any atom is -0.496 e. The van der Waals surface area contributed by atoms with Gasteiger partial charge in [0.05, 0.1) is 24.8 Å². The molecule has 0 aliphatic heterocycles. The number of para-hydroxylation sites is 1. The van der Waals surface area contributed by atoms with Crippen LogP contribution in [0, 0.1) is 5.92 Å². The highest BCUT2D eigenvalue weighted by Gasteiger charge is 2.16. The fourth-order valence-electron chi connectivity index (χ4n) is 2.14. The summed E-state index contributed by atoms with van der Waals surface area (Å²) in [5, 5.41) is 0. The van der Waals surface area contributed by atoms with Gasteiger partial charge in [-0.1, -0.05) is 41.9 Å². The van der Waals surface area contributed by atoms with Crippen LogP contribution in [0.1, 0.15) is 34.6 Å². The maximum absolute atomic E-state index is 12.5. The molecule has 0 spiro atoms. The van der Waals surface area contributed by atoms with Gasteiger partial charge < -0.3 is 9.47 Å². The molecular weight excluding hydrogens is 400 g/mol. The molecule has 0 saturated heterocycles. The van der Waals surface area contributed by atoms with Gasteiger partial charge in [-0.25, -0.2) is 0 Å². The van der Waals surface area contributed by atoms with Crippen LogP contribution in [0.4, 0.5) is 0 Å². The summed E-state index contributed by atoms with van der Waals surface area (Å²) in [6.45, 7) is 4.52. The van der Waals surface area contributed by atoms with Crippen molar-refractivity contribution in [2.45, 2.75) is 13.8 Å². The largest absolute Gasteiger partial charge is 0.496 e. The number of amides is 2. The normalized spacial score (nSPS) is 10.3. The lowest BCUT2D eigenvalue weighted by Gasteiger charge is -2.14. The third kappa shape index (κ3) is 5.23. The van der Waals surface area contributed by atoms with Gasteiger partial charge in [-0.3, -0.25) is 20.4 Å². The lowest BCUT2D eigenvalue weighted by Crippen LogP contribution is -2.41. The monoisotopic (exact) mass is 420 g/mol. The topological polar surface area (TPSA) is 76.7 Å². The van der Waals surface area contributed by atoms with Crippen LogP contribution >= 0.6 is 15.9 Å². The van der Waals surface area contributed by atoms with Crippen LogP contribution in [0.25, 0.3) is 0 Å². The maximum atomic E-state index is 12.5. The average molecular weight is 421 g/mol. The second-order valence-corrected chi connectivity index (χ2v) is 6.87. The van der Waals surface area contributed by atoms with Crippen LogP contribution in [-0.4, -0.2) is 25.5 Å². The van der Waals surface area contributed by atoms with Crippen molar-refractivity contribution in [3.8, 4) is 11.5 Å². The number of ether oxygens (including phenoxy) is 2. The molecule has 0 fully saturated rings. The van der Waals surface area contributed by atoms with Gasteiger partial charge in [-0.05, 0) is 36.2 Å². The molecule has 0 bridgehead atoms. The smallest absolute Gasteiger partial charge is 0.273 e. The Bertz CT molecular complexity index is 793. The van der Waals surface area contributed by atoms with E-state index < -0.39 is 11.8 Å². The van der Waals surface area contributed by atoms with Crippen LogP contribution < -0.4 is 20.3 Å². The molecule has 2 N–H and O–H groups in total. The van der Waals surface area contributed by atoms with Crippen molar-refractivity contribution >= 4 is 27.7 Å². The maximum Gasteiger partial charge on any atom is 0.273 e. The van der Waals surface area contributed by atoms with Crippen LogP contribution in [-0.2, 0) is 0 Å². The van der Waals surface area contributed by atoms with E-state index in [1.165, 1.54) is 7.11 Å². The van der Waals surface area contributed by atoms with Crippen molar-refractivity contribution < 1.29 is 19.1 Å². The number of rotatable bonds is 6. The third-order valence-electron chi connectivity index (χ3n) is 3.40. The van der Waals surface area contributed by atoms with Crippen LogP contribution in [0.15, 0.2) is 46.9 Å². The summed E-state index contributed by atoms with van der Waals surface area (Å²) in [5.41, 5.74) is 5.44. The number of hydrogen-bond donors (Lipinski definition) is 2. The molecule has 0 saturated carbocycles. The lowest BCUT2D eigenvalue weighted by atomic mass is 10.2. The summed E-state index contributed by atoms with van der Waals surface area (Å²) in [4.78, 5) is 24.8. The predicted octanol–water partition coefficient (Wildman–Crippen LogP) is 3.57. The van der Waals surface area contributed by atoms with Crippen molar-refractivity contribution in [2.24, 2.45) is 5.92 Å². The minimum atomic E-state index is -0.478. The molecule has 2 aromatic carbocycles. The molecular formula is C19H21BrN2O4. The van der Waals surface area contributed by atoms with Gasteiger partial charge in [-0.2, -0.15) is 0 Å². The summed E-state index contributed by atoms with van der Waals surface area (Å²) < 4.78 is 11.6. The van der Waals surface area contributed by atoms with Crippen LogP contribution in [0.2, 0.25) is 0 Å². The van der Waals surface area contributed by atoms with E-state index in [4.69, 9.17) is 9.47 Å². The Morgan fingerprint density at radius 3 is 2.31 bits per heavy atom. The first-order chi connectivity index (χ1) is 12.4. The van der Waals surface area contributed by atoms with Crippen molar-refractivity contribution in [1.29, 1.82) is 0 Å². The van der Waals surface area contributed by atoms with Crippen molar-refractivity contribution in [3.05, 3.63) is 58.1 Å². The van der Waals surface area contributed by atoms with E-state index in [2.05, 4.69) is 26.8 Å². The van der Waals surface area contributed by atoms with Gasteiger partial charge in [0.1, 0.15) is 11.5 Å². The van der Waals surface area contributed by atoms with Gasteiger partial charge >= 0.3 is 0 Å². The molecule has 0 aliphatic rings. The molecule has 138 valence electrons. The van der Waals surface area contributed by atoms with Crippen LogP contribution in [0.5, 0.6) is 11.5 Å². The molecule has 2 amide bonds. The average Bonchev–Trinajstić information content (AvgIpc) is 2.64. The van der Waals surface area contributed by atoms with E-state index in [1.54, 1.807) is 42.5 Å². The highest BCUT2D eigenvalue weighted by atomic mass is 79.9. The van der Waals surface area contributed by atoms with Gasteiger partial charge in [0.2, 0.25) is 0 Å². The zero-order chi connectivity index (χ0) is 19.1. The lowest BCUT2D eigenvalue weighted by molar-refractivity contribution is 0.0842. The molecule has 0 aromatic heterocycles. The third-order valence-corrected chi connectivity index (χ3v) is 3.89. The Balaban J connectivity index is 2.10. The Morgan fingerprint density at radius 1 is 1.00 bits per heavy atom. The van der Waals surface area contributed by atoms with Gasteiger partial charge in [0.25, 0.3) is 11.8 Å². The fourth-order valence-corrected chi connectivity index (χ4v) is 2.50. The predicted molar refractivity (Wildman–Crippen MR) is 102 cm³/mol. The molecule has 7 heteroatoms. The first-order valence-electron chi connectivity index (χ1n) is 8.08. The minimum absolute atomic E-state index is 0.319. The van der Waals surface area contributed by atoms with E-state index in [0.29, 0.717) is 35.2 Å². The number of hydrogen-bond acceptors (Lipinski definition) is 4. The highest BCUT2D eigenvalue weighted by Crippen LogP contribution is 2.24. The quantitative estimate of drug-likeness (QED) is 0.700. The molecule has 2 aromatic rings. The van der Waals surface area contributed by atoms with Crippen LogP contribution in [0.3, 0.4) is 0 Å². The number of nitrogens with one attached hydrogen (secondary N) is 2. The SMILES string of the molecule is COc1ccccc1C(=O)NNC(=O)c1cc(Br)ccc1OCC(C)C. The first kappa shape index (κ1) is 19.8. The molecule has 2 rings (SSSR count). The number of hydrazine groups is 1. The van der Waals surface area contributed by atoms with E-state index in [1.807, 2.05) is 13.8 Å². The number of carbonyl (C=O) groups excluding carboxylic acids is 2. The molecule has 26 heavy (non-hydrogen) atoms. The molecule has 0 radical (unpaired) electrons. The van der Waals surface area contributed by atoms with Gasteiger partial charge in [0, 0.05) is 4.47 Å². The first-order valence-corrected chi connectivity index (χ1v) is 8.87. The second kappa shape index (κ2) is 9.24. The van der Waals surface area contributed by atoms with E-state index >= 15 is 0 Å². The zero-order valence-electron chi connectivity index (χ0n) is 14.8. The number of methoxy groups -OCH3 is 1. The van der Waals surface area contributed by atoms with Crippen molar-refractivity contribution in [1.82, 2.24) is 10.9 Å². The summed E-state index contributed by atoms with van der Waals surface area (Å²) in [6.07, 6.45) is 0. The standard InChI is InChI=1S/C19H21BrN2O4/c1-12(2)11-26-17-9-8-13(20)10-15(17)19(24)22-21-18(23)14-6-4-5-7-16(14)25-3/h4-10,12H,11H2,1-3H3,(H,21,23)(H,22,24). The fraction of sp³-hybridized carbons (Fsp3) is 0.263. The Hall–Kier alpha value is -2.54. The number of benzene rings is 2. The Morgan fingerprint density at radius 2 is 1.65 bits per heavy atom. The second-order valence-electron chi connectivity index (χ2n) is 5.95. The summed E-state index contributed by atoms with van der Waals surface area (Å²) in [6, 6.07) is 11.9. The van der Waals surface area contributed by atoms with Crippen molar-refractivity contribution in [2.75, 3.05) is 13.7 Å². The summed E-state index contributed by atoms with van der Waals surface area (Å²) in [5.74, 6) is 0.233. The van der Waals surface area contributed by atoms with E-state index in [-0.39, 0.29) is 0 Å². The summed E-state index contributed by atoms with van der Waals surface area (Å²) in [7, 11) is 1.48. The van der Waals surface area contributed by atoms with Gasteiger partial charge in [0.15, 0.2) is 0 Å². The Labute approximate surface area is 161 Å². The Kier molecular flexibility index (Phi) is 7.03. The van der Waals surface area contributed by atoms with E-state index in [0.717, 1.165) is 4.47 Å². The number of halogens is 1. The molecule has 0 unspecified atom stereocenters. The molecule has 0 heterocycles. The molecule has 6 nitrogen and oxygen atoms in total. The van der Waals surface area contributed by atoms with E-state index in [9.17, 15) is 9.59 Å². The van der Waals surface area contributed by atoms with Crippen molar-refractivity contribution in [3.63, 3.8) is 0 Å². The number of carbonyl (C=O) groups is 2. The van der Waals surface area contributed by atoms with Gasteiger partial charge in [-0.15, -0.1) is 0 Å². The summed E-state index contributed by atoms with van der Waals surface area (Å²) >= 11 is 3.34. The zero-order valence-corrected chi connectivity index (χ0v) is 16.4. The molecule has 0 aliphatic carbocycles. The molecule has 0 atom stereocenters. The highest BCUT2D eigenvalue weighted by molar-refractivity contribution is 9.10.